The maximum Gasteiger partial charge on any atom is 0.257 e. The van der Waals surface area contributed by atoms with Crippen molar-refractivity contribution in [3.8, 4) is 11.5 Å². The van der Waals surface area contributed by atoms with Crippen molar-refractivity contribution in [3.05, 3.63) is 58.1 Å². The fourth-order valence-corrected chi connectivity index (χ4v) is 3.73. The van der Waals surface area contributed by atoms with Gasteiger partial charge in [-0.1, -0.05) is 35.3 Å². The SMILES string of the molecule is CNCC1CCCN(C(=O)c2ccccc2Oc2ccc(Cl)cc2Cl)C1.Cl. The first-order chi connectivity index (χ1) is 12.6. The molecular formula is C20H23Cl3N2O2. The maximum atomic E-state index is 13.1. The Balaban J connectivity index is 0.00000261. The molecule has 2 aromatic carbocycles. The van der Waals surface area contributed by atoms with E-state index in [4.69, 9.17) is 27.9 Å². The van der Waals surface area contributed by atoms with E-state index >= 15 is 0 Å². The van der Waals surface area contributed by atoms with Crippen molar-refractivity contribution in [1.82, 2.24) is 10.2 Å². The number of nitrogens with zero attached hydrogens (tertiary/aromatic N) is 1. The van der Waals surface area contributed by atoms with Crippen LogP contribution in [0.15, 0.2) is 42.5 Å². The third-order valence-electron chi connectivity index (χ3n) is 4.53. The second-order valence-corrected chi connectivity index (χ2v) is 7.33. The van der Waals surface area contributed by atoms with Crippen molar-refractivity contribution in [3.63, 3.8) is 0 Å². The van der Waals surface area contributed by atoms with E-state index < -0.39 is 0 Å². The normalized spacial score (nSPS) is 16.6. The van der Waals surface area contributed by atoms with Crippen molar-refractivity contribution in [1.29, 1.82) is 0 Å². The molecule has 1 heterocycles. The van der Waals surface area contributed by atoms with Gasteiger partial charge in [-0.2, -0.15) is 0 Å². The smallest absolute Gasteiger partial charge is 0.257 e. The third-order valence-corrected chi connectivity index (χ3v) is 5.06. The molecule has 1 N–H and O–H groups in total. The molecule has 1 saturated heterocycles. The maximum absolute atomic E-state index is 13.1. The number of amides is 1. The molecule has 0 saturated carbocycles. The van der Waals surface area contributed by atoms with Crippen LogP contribution in [-0.4, -0.2) is 37.5 Å². The average molecular weight is 430 g/mol. The summed E-state index contributed by atoms with van der Waals surface area (Å²) in [4.78, 5) is 15.0. The number of rotatable bonds is 5. The number of benzene rings is 2. The van der Waals surface area contributed by atoms with Gasteiger partial charge in [0.25, 0.3) is 5.91 Å². The zero-order valence-corrected chi connectivity index (χ0v) is 17.4. The van der Waals surface area contributed by atoms with E-state index in [1.807, 2.05) is 24.1 Å². The van der Waals surface area contributed by atoms with Crippen LogP contribution in [0.2, 0.25) is 10.0 Å². The van der Waals surface area contributed by atoms with Gasteiger partial charge in [0.2, 0.25) is 0 Å². The molecule has 2 aromatic rings. The predicted molar refractivity (Wildman–Crippen MR) is 113 cm³/mol. The molecule has 1 atom stereocenters. The molecule has 0 bridgehead atoms. The molecule has 27 heavy (non-hydrogen) atoms. The number of hydrogen-bond donors (Lipinski definition) is 1. The summed E-state index contributed by atoms with van der Waals surface area (Å²) in [5.74, 6) is 1.45. The van der Waals surface area contributed by atoms with Gasteiger partial charge in [0.1, 0.15) is 11.5 Å². The molecule has 0 aromatic heterocycles. The second-order valence-electron chi connectivity index (χ2n) is 6.49. The van der Waals surface area contributed by atoms with Gasteiger partial charge in [0.15, 0.2) is 0 Å². The van der Waals surface area contributed by atoms with Crippen LogP contribution in [0.5, 0.6) is 11.5 Å². The minimum Gasteiger partial charge on any atom is -0.455 e. The number of hydrogen-bond acceptors (Lipinski definition) is 3. The summed E-state index contributed by atoms with van der Waals surface area (Å²) in [7, 11) is 1.94. The highest BCUT2D eigenvalue weighted by Crippen LogP contribution is 2.33. The molecule has 1 aliphatic heterocycles. The van der Waals surface area contributed by atoms with Gasteiger partial charge in [-0.05, 0) is 62.7 Å². The van der Waals surface area contributed by atoms with Crippen LogP contribution in [0.25, 0.3) is 0 Å². The molecule has 3 rings (SSSR count). The second kappa shape index (κ2) is 10.2. The molecule has 4 nitrogen and oxygen atoms in total. The number of nitrogens with one attached hydrogen (secondary N) is 1. The zero-order chi connectivity index (χ0) is 18.5. The van der Waals surface area contributed by atoms with E-state index in [2.05, 4.69) is 5.32 Å². The van der Waals surface area contributed by atoms with Gasteiger partial charge in [0, 0.05) is 18.1 Å². The molecule has 7 heteroatoms. The molecule has 0 aliphatic carbocycles. The molecule has 0 radical (unpaired) electrons. The minimum atomic E-state index is -0.00788. The summed E-state index contributed by atoms with van der Waals surface area (Å²) < 4.78 is 5.93. The van der Waals surface area contributed by atoms with E-state index in [9.17, 15) is 4.79 Å². The summed E-state index contributed by atoms with van der Waals surface area (Å²) >= 11 is 12.1. The van der Waals surface area contributed by atoms with Crippen molar-refractivity contribution >= 4 is 41.5 Å². The van der Waals surface area contributed by atoms with Crippen molar-refractivity contribution in [2.75, 3.05) is 26.7 Å². The summed E-state index contributed by atoms with van der Waals surface area (Å²) in [6.45, 7) is 2.45. The van der Waals surface area contributed by atoms with Gasteiger partial charge < -0.3 is 15.0 Å². The van der Waals surface area contributed by atoms with Crippen LogP contribution in [0, 0.1) is 5.92 Å². The third kappa shape index (κ3) is 5.52. The minimum absolute atomic E-state index is 0. The molecular weight excluding hydrogens is 407 g/mol. The van der Waals surface area contributed by atoms with E-state index in [0.717, 1.165) is 32.5 Å². The number of halogens is 3. The monoisotopic (exact) mass is 428 g/mol. The predicted octanol–water partition coefficient (Wildman–Crippen LogP) is 5.28. The number of carbonyl (C=O) groups is 1. The van der Waals surface area contributed by atoms with Crippen molar-refractivity contribution < 1.29 is 9.53 Å². The van der Waals surface area contributed by atoms with Gasteiger partial charge in [-0.15, -0.1) is 12.4 Å². The van der Waals surface area contributed by atoms with Crippen LogP contribution in [0.3, 0.4) is 0 Å². The average Bonchev–Trinajstić information content (AvgIpc) is 2.64. The first-order valence-corrected chi connectivity index (χ1v) is 9.50. The van der Waals surface area contributed by atoms with Gasteiger partial charge in [-0.25, -0.2) is 0 Å². The summed E-state index contributed by atoms with van der Waals surface area (Å²) in [5.41, 5.74) is 0.545. The highest BCUT2D eigenvalue weighted by Gasteiger charge is 2.26. The van der Waals surface area contributed by atoms with Crippen LogP contribution < -0.4 is 10.1 Å². The van der Waals surface area contributed by atoms with E-state index in [0.29, 0.717) is 33.0 Å². The number of para-hydroxylation sites is 1. The first kappa shape index (κ1) is 21.8. The topological polar surface area (TPSA) is 41.6 Å². The standard InChI is InChI=1S/C20H22Cl2N2O2.ClH/c1-23-12-14-5-4-10-24(13-14)20(25)16-6-2-3-7-18(16)26-19-9-8-15(21)11-17(19)22;/h2-3,6-9,11,14,23H,4-5,10,12-13H2,1H3;1H. The molecule has 146 valence electrons. The quantitative estimate of drug-likeness (QED) is 0.703. The summed E-state index contributed by atoms with van der Waals surface area (Å²) in [6.07, 6.45) is 2.16. The summed E-state index contributed by atoms with van der Waals surface area (Å²) in [5, 5.41) is 4.15. The van der Waals surface area contributed by atoms with E-state index in [1.165, 1.54) is 0 Å². The largest absolute Gasteiger partial charge is 0.455 e. The lowest BCUT2D eigenvalue weighted by atomic mass is 9.97. The van der Waals surface area contributed by atoms with Crippen LogP contribution in [0.4, 0.5) is 0 Å². The molecule has 0 spiro atoms. The molecule has 1 amide bonds. The van der Waals surface area contributed by atoms with Crippen LogP contribution >= 0.6 is 35.6 Å². The Morgan fingerprint density at radius 3 is 2.74 bits per heavy atom. The lowest BCUT2D eigenvalue weighted by molar-refractivity contribution is 0.0671. The number of piperidine rings is 1. The zero-order valence-electron chi connectivity index (χ0n) is 15.1. The molecule has 1 fully saturated rings. The Hall–Kier alpha value is -1.46. The molecule has 1 unspecified atom stereocenters. The van der Waals surface area contributed by atoms with Crippen molar-refractivity contribution in [2.45, 2.75) is 12.8 Å². The van der Waals surface area contributed by atoms with E-state index in [-0.39, 0.29) is 18.3 Å². The van der Waals surface area contributed by atoms with Gasteiger partial charge in [-0.3, -0.25) is 4.79 Å². The Morgan fingerprint density at radius 1 is 1.22 bits per heavy atom. The Kier molecular flexibility index (Phi) is 8.24. The number of ether oxygens (including phenoxy) is 1. The highest BCUT2D eigenvalue weighted by molar-refractivity contribution is 6.35. The lowest BCUT2D eigenvalue weighted by Gasteiger charge is -2.33. The van der Waals surface area contributed by atoms with Gasteiger partial charge >= 0.3 is 0 Å². The van der Waals surface area contributed by atoms with E-state index in [1.54, 1.807) is 30.3 Å². The van der Waals surface area contributed by atoms with Crippen LogP contribution in [0.1, 0.15) is 23.2 Å². The summed E-state index contributed by atoms with van der Waals surface area (Å²) in [6, 6.07) is 12.3. The first-order valence-electron chi connectivity index (χ1n) is 8.74. The Bertz CT molecular complexity index is 784. The Morgan fingerprint density at radius 2 is 2.00 bits per heavy atom. The highest BCUT2D eigenvalue weighted by atomic mass is 35.5. The fourth-order valence-electron chi connectivity index (χ4n) is 3.28. The Labute approximate surface area is 176 Å². The van der Waals surface area contributed by atoms with Crippen LogP contribution in [-0.2, 0) is 0 Å². The lowest BCUT2D eigenvalue weighted by Crippen LogP contribution is -2.42. The number of carbonyl (C=O) groups excluding carboxylic acids is 1. The fraction of sp³-hybridized carbons (Fsp3) is 0.350. The number of likely N-dealkylation sites (tertiary alicyclic amines) is 1. The van der Waals surface area contributed by atoms with Crippen molar-refractivity contribution in [2.24, 2.45) is 5.92 Å². The van der Waals surface area contributed by atoms with Gasteiger partial charge in [0.05, 0.1) is 10.6 Å². The molecule has 1 aliphatic rings.